The molecular formula is C28H22FN3O2. The standard InChI is InChI=1S/C28H22FN3O2/c1-18-10-12-23(29)15-24(18)27(33)31-26-13-11-21(16-30-26)28(34)32-17-22-8-3-2-6-19(22)14-20-7-4-5-9-25(20)32/h2-13,15-16H,14,17H2,1H3,(H,30,31,33). The van der Waals surface area contributed by atoms with E-state index >= 15 is 0 Å². The minimum Gasteiger partial charge on any atom is -0.307 e. The van der Waals surface area contributed by atoms with Crippen molar-refractivity contribution in [3.05, 3.63) is 124 Å². The summed E-state index contributed by atoms with van der Waals surface area (Å²) < 4.78 is 13.6. The Hall–Kier alpha value is -4.32. The van der Waals surface area contributed by atoms with Crippen molar-refractivity contribution >= 4 is 23.3 Å². The maximum atomic E-state index is 13.6. The van der Waals surface area contributed by atoms with Crippen LogP contribution in [-0.4, -0.2) is 16.8 Å². The summed E-state index contributed by atoms with van der Waals surface area (Å²) in [5.41, 5.74) is 5.58. The Labute approximate surface area is 196 Å². The first kappa shape index (κ1) is 21.5. The van der Waals surface area contributed by atoms with Gasteiger partial charge in [-0.05, 0) is 65.9 Å². The second-order valence-electron chi connectivity index (χ2n) is 8.31. The van der Waals surface area contributed by atoms with E-state index < -0.39 is 11.7 Å². The highest BCUT2D eigenvalue weighted by molar-refractivity contribution is 6.07. The van der Waals surface area contributed by atoms with Crippen molar-refractivity contribution in [1.82, 2.24) is 4.98 Å². The predicted octanol–water partition coefficient (Wildman–Crippen LogP) is 5.53. The van der Waals surface area contributed by atoms with Gasteiger partial charge in [-0.25, -0.2) is 9.37 Å². The molecule has 34 heavy (non-hydrogen) atoms. The minimum atomic E-state index is -0.482. The predicted molar refractivity (Wildman–Crippen MR) is 130 cm³/mol. The highest BCUT2D eigenvalue weighted by Gasteiger charge is 2.25. The molecule has 1 N–H and O–H groups in total. The number of pyridine rings is 1. The van der Waals surface area contributed by atoms with Crippen molar-refractivity contribution in [3.63, 3.8) is 0 Å². The molecule has 0 saturated carbocycles. The zero-order valence-electron chi connectivity index (χ0n) is 18.6. The Morgan fingerprint density at radius 3 is 2.41 bits per heavy atom. The number of aromatic nitrogens is 1. The number of benzene rings is 3. The summed E-state index contributed by atoms with van der Waals surface area (Å²) in [7, 11) is 0. The fourth-order valence-electron chi connectivity index (χ4n) is 4.22. The van der Waals surface area contributed by atoms with Gasteiger partial charge in [0.2, 0.25) is 0 Å². The van der Waals surface area contributed by atoms with Crippen molar-refractivity contribution in [2.45, 2.75) is 19.9 Å². The summed E-state index contributed by atoms with van der Waals surface area (Å²) in [5.74, 6) is -0.826. The topological polar surface area (TPSA) is 62.3 Å². The molecule has 5 nitrogen and oxygen atoms in total. The van der Waals surface area contributed by atoms with E-state index in [1.807, 2.05) is 42.5 Å². The number of para-hydroxylation sites is 1. The molecule has 4 aromatic rings. The maximum absolute atomic E-state index is 13.6. The third-order valence-electron chi connectivity index (χ3n) is 6.05. The fourth-order valence-corrected chi connectivity index (χ4v) is 4.22. The molecule has 0 saturated heterocycles. The summed E-state index contributed by atoms with van der Waals surface area (Å²) in [4.78, 5) is 32.1. The van der Waals surface area contributed by atoms with Gasteiger partial charge in [0.1, 0.15) is 11.6 Å². The highest BCUT2D eigenvalue weighted by atomic mass is 19.1. The third-order valence-corrected chi connectivity index (χ3v) is 6.05. The van der Waals surface area contributed by atoms with Gasteiger partial charge in [-0.15, -0.1) is 0 Å². The number of carbonyl (C=O) groups is 2. The second-order valence-corrected chi connectivity index (χ2v) is 8.31. The van der Waals surface area contributed by atoms with Crippen LogP contribution in [0, 0.1) is 12.7 Å². The normalized spacial score (nSPS) is 12.4. The number of halogens is 1. The van der Waals surface area contributed by atoms with Gasteiger partial charge in [-0.1, -0.05) is 48.5 Å². The van der Waals surface area contributed by atoms with Crippen LogP contribution in [0.5, 0.6) is 0 Å². The number of nitrogens with zero attached hydrogens (tertiary/aromatic N) is 2. The van der Waals surface area contributed by atoms with Gasteiger partial charge in [-0.3, -0.25) is 9.59 Å². The molecule has 1 aliphatic heterocycles. The average molecular weight is 452 g/mol. The van der Waals surface area contributed by atoms with Gasteiger partial charge in [0.05, 0.1) is 12.1 Å². The van der Waals surface area contributed by atoms with E-state index in [4.69, 9.17) is 0 Å². The first-order valence-electron chi connectivity index (χ1n) is 11.0. The Balaban J connectivity index is 1.40. The van der Waals surface area contributed by atoms with E-state index in [0.717, 1.165) is 23.2 Å². The Morgan fingerprint density at radius 2 is 1.65 bits per heavy atom. The lowest BCUT2D eigenvalue weighted by Crippen LogP contribution is -2.30. The molecule has 0 radical (unpaired) electrons. The number of aryl methyl sites for hydroxylation is 1. The van der Waals surface area contributed by atoms with Crippen LogP contribution in [-0.2, 0) is 13.0 Å². The van der Waals surface area contributed by atoms with Crippen LogP contribution in [0.2, 0.25) is 0 Å². The van der Waals surface area contributed by atoms with E-state index in [-0.39, 0.29) is 17.3 Å². The van der Waals surface area contributed by atoms with Crippen molar-refractivity contribution in [1.29, 1.82) is 0 Å². The lowest BCUT2D eigenvalue weighted by Gasteiger charge is -2.23. The first-order chi connectivity index (χ1) is 16.5. The molecule has 168 valence electrons. The van der Waals surface area contributed by atoms with E-state index in [0.29, 0.717) is 17.7 Å². The quantitative estimate of drug-likeness (QED) is 0.445. The molecule has 1 aliphatic rings. The summed E-state index contributed by atoms with van der Waals surface area (Å²) >= 11 is 0. The van der Waals surface area contributed by atoms with Gasteiger partial charge in [-0.2, -0.15) is 0 Å². The highest BCUT2D eigenvalue weighted by Crippen LogP contribution is 2.31. The first-order valence-corrected chi connectivity index (χ1v) is 11.0. The summed E-state index contributed by atoms with van der Waals surface area (Å²) in [6, 6.07) is 23.3. The number of hydrogen-bond acceptors (Lipinski definition) is 3. The molecule has 5 rings (SSSR count). The summed E-state index contributed by atoms with van der Waals surface area (Å²) in [6.45, 7) is 2.20. The zero-order chi connectivity index (χ0) is 23.7. The lowest BCUT2D eigenvalue weighted by atomic mass is 10.0. The number of hydrogen-bond donors (Lipinski definition) is 1. The van der Waals surface area contributed by atoms with Crippen molar-refractivity contribution in [3.8, 4) is 0 Å². The average Bonchev–Trinajstić information content (AvgIpc) is 3.02. The Kier molecular flexibility index (Phi) is 5.64. The number of amides is 2. The van der Waals surface area contributed by atoms with E-state index in [1.165, 1.54) is 23.9 Å². The van der Waals surface area contributed by atoms with Crippen molar-refractivity contribution < 1.29 is 14.0 Å². The molecule has 0 atom stereocenters. The number of anilines is 2. The molecule has 6 heteroatoms. The largest absolute Gasteiger partial charge is 0.307 e. The summed E-state index contributed by atoms with van der Waals surface area (Å²) in [5, 5.41) is 2.67. The van der Waals surface area contributed by atoms with Crippen LogP contribution in [0.15, 0.2) is 85.1 Å². The molecule has 0 unspecified atom stereocenters. The fraction of sp³-hybridized carbons (Fsp3) is 0.107. The van der Waals surface area contributed by atoms with Crippen LogP contribution >= 0.6 is 0 Å². The molecule has 2 heterocycles. The molecule has 0 spiro atoms. The van der Waals surface area contributed by atoms with Crippen LogP contribution in [0.3, 0.4) is 0 Å². The van der Waals surface area contributed by atoms with E-state index in [9.17, 15) is 14.0 Å². The van der Waals surface area contributed by atoms with Gasteiger partial charge in [0.15, 0.2) is 0 Å². The molecule has 1 aromatic heterocycles. The number of rotatable bonds is 3. The molecule has 0 bridgehead atoms. The van der Waals surface area contributed by atoms with Crippen LogP contribution in [0.4, 0.5) is 15.9 Å². The van der Waals surface area contributed by atoms with E-state index in [1.54, 1.807) is 30.0 Å². The van der Waals surface area contributed by atoms with Gasteiger partial charge in [0, 0.05) is 17.4 Å². The van der Waals surface area contributed by atoms with Crippen molar-refractivity contribution in [2.75, 3.05) is 10.2 Å². The molecule has 3 aromatic carbocycles. The van der Waals surface area contributed by atoms with Crippen LogP contribution in [0.25, 0.3) is 0 Å². The third kappa shape index (κ3) is 4.18. The SMILES string of the molecule is Cc1ccc(F)cc1C(=O)Nc1ccc(C(=O)N2Cc3ccccc3Cc3ccccc32)cn1. The van der Waals surface area contributed by atoms with Crippen molar-refractivity contribution in [2.24, 2.45) is 0 Å². The maximum Gasteiger partial charge on any atom is 0.260 e. The second kappa shape index (κ2) is 8.90. The van der Waals surface area contributed by atoms with Gasteiger partial charge < -0.3 is 10.2 Å². The Bertz CT molecular complexity index is 1400. The smallest absolute Gasteiger partial charge is 0.260 e. The van der Waals surface area contributed by atoms with Gasteiger partial charge in [0.25, 0.3) is 11.8 Å². The Morgan fingerprint density at radius 1 is 0.912 bits per heavy atom. The number of nitrogens with one attached hydrogen (secondary N) is 1. The lowest BCUT2D eigenvalue weighted by molar-refractivity contribution is 0.0983. The number of fused-ring (bicyclic) bond motifs is 2. The van der Waals surface area contributed by atoms with Crippen LogP contribution in [0.1, 0.15) is 43.0 Å². The van der Waals surface area contributed by atoms with Crippen LogP contribution < -0.4 is 10.2 Å². The minimum absolute atomic E-state index is 0.171. The summed E-state index contributed by atoms with van der Waals surface area (Å²) in [6.07, 6.45) is 2.22. The molecular weight excluding hydrogens is 429 g/mol. The van der Waals surface area contributed by atoms with E-state index in [2.05, 4.69) is 16.4 Å². The molecule has 0 aliphatic carbocycles. The molecule has 0 fully saturated rings. The molecule has 2 amide bonds. The van der Waals surface area contributed by atoms with Gasteiger partial charge >= 0.3 is 0 Å². The monoisotopic (exact) mass is 451 g/mol. The zero-order valence-corrected chi connectivity index (χ0v) is 18.6. The number of carbonyl (C=O) groups excluding carboxylic acids is 2.